The van der Waals surface area contributed by atoms with E-state index < -0.39 is 11.9 Å². The Morgan fingerprint density at radius 1 is 1.00 bits per heavy atom. The molecular formula is C27H33N7O3. The van der Waals surface area contributed by atoms with Crippen LogP contribution in [-0.2, 0) is 16.1 Å². The van der Waals surface area contributed by atoms with Gasteiger partial charge in [0.05, 0.1) is 12.1 Å². The number of nitrogens with zero attached hydrogens (tertiary/aromatic N) is 4. The maximum atomic E-state index is 13.0. The maximum Gasteiger partial charge on any atom is 0.254 e. The van der Waals surface area contributed by atoms with Crippen LogP contribution >= 0.6 is 0 Å². The number of aromatic nitrogens is 2. The average molecular weight is 504 g/mol. The summed E-state index contributed by atoms with van der Waals surface area (Å²) in [4.78, 5) is 49.9. The number of carbonyl (C=O) groups excluding carboxylic acids is 3. The van der Waals surface area contributed by atoms with Gasteiger partial charge in [-0.2, -0.15) is 0 Å². The Balaban J connectivity index is 1.44. The number of rotatable bonds is 8. The number of hydrogen-bond donors (Lipinski definition) is 3. The van der Waals surface area contributed by atoms with E-state index in [4.69, 9.17) is 15.7 Å². The van der Waals surface area contributed by atoms with Gasteiger partial charge in [0.1, 0.15) is 17.7 Å². The lowest BCUT2D eigenvalue weighted by atomic mass is 10.0. The summed E-state index contributed by atoms with van der Waals surface area (Å²) in [5.74, 6) is 0.553. The summed E-state index contributed by atoms with van der Waals surface area (Å²) in [6.45, 7) is 8.30. The minimum atomic E-state index is -0.551. The van der Waals surface area contributed by atoms with Gasteiger partial charge in [0, 0.05) is 49.7 Å². The van der Waals surface area contributed by atoms with E-state index in [1.54, 1.807) is 24.3 Å². The third kappa shape index (κ3) is 6.39. The van der Waals surface area contributed by atoms with Crippen LogP contribution in [0.4, 0.5) is 11.5 Å². The first-order chi connectivity index (χ1) is 17.7. The minimum absolute atomic E-state index is 0.000715. The third-order valence-corrected chi connectivity index (χ3v) is 6.37. The molecule has 37 heavy (non-hydrogen) atoms. The van der Waals surface area contributed by atoms with Crippen molar-refractivity contribution in [3.63, 3.8) is 0 Å². The number of amides is 3. The Kier molecular flexibility index (Phi) is 7.98. The lowest BCUT2D eigenvalue weighted by molar-refractivity contribution is -0.119. The fraction of sp³-hybridized carbons (Fsp3) is 0.370. The van der Waals surface area contributed by atoms with Gasteiger partial charge in [0.2, 0.25) is 11.8 Å². The van der Waals surface area contributed by atoms with E-state index in [-0.39, 0.29) is 17.7 Å². The van der Waals surface area contributed by atoms with Gasteiger partial charge in [-0.25, -0.2) is 9.97 Å². The number of benzene rings is 2. The monoisotopic (exact) mass is 503 g/mol. The fourth-order valence-electron chi connectivity index (χ4n) is 4.44. The number of fused-ring (bicyclic) bond motifs is 1. The Labute approximate surface area is 216 Å². The SMILES string of the molecule is CC(=O)Nc1cccc(C(=O)N2CCN(Cc3nc(N[C@H](C(N)=O)C(C)C)c4ccccc4n3)CC2)c1. The van der Waals surface area contributed by atoms with Crippen LogP contribution in [0.2, 0.25) is 0 Å². The van der Waals surface area contributed by atoms with Crippen LogP contribution in [0.15, 0.2) is 48.5 Å². The van der Waals surface area contributed by atoms with Gasteiger partial charge in [-0.05, 0) is 36.2 Å². The number of para-hydroxylation sites is 1. The number of hydrogen-bond acceptors (Lipinski definition) is 7. The van der Waals surface area contributed by atoms with Crippen LogP contribution < -0.4 is 16.4 Å². The van der Waals surface area contributed by atoms with E-state index in [0.717, 1.165) is 10.9 Å². The zero-order valence-electron chi connectivity index (χ0n) is 21.4. The van der Waals surface area contributed by atoms with E-state index in [0.29, 0.717) is 55.6 Å². The molecule has 0 saturated carbocycles. The van der Waals surface area contributed by atoms with Gasteiger partial charge in [0.15, 0.2) is 0 Å². The van der Waals surface area contributed by atoms with Gasteiger partial charge >= 0.3 is 0 Å². The van der Waals surface area contributed by atoms with Crippen molar-refractivity contribution in [1.82, 2.24) is 19.8 Å². The molecule has 0 aliphatic carbocycles. The van der Waals surface area contributed by atoms with E-state index in [1.807, 2.05) is 43.0 Å². The van der Waals surface area contributed by atoms with Gasteiger partial charge < -0.3 is 21.3 Å². The van der Waals surface area contributed by atoms with Crippen molar-refractivity contribution in [1.29, 1.82) is 0 Å². The van der Waals surface area contributed by atoms with Crippen LogP contribution in [0.25, 0.3) is 10.9 Å². The number of carbonyl (C=O) groups is 3. The number of nitrogens with two attached hydrogens (primary N) is 1. The molecule has 0 bridgehead atoms. The Morgan fingerprint density at radius 3 is 2.41 bits per heavy atom. The van der Waals surface area contributed by atoms with Crippen molar-refractivity contribution in [2.75, 3.05) is 36.8 Å². The molecule has 0 unspecified atom stereocenters. The first-order valence-corrected chi connectivity index (χ1v) is 12.4. The van der Waals surface area contributed by atoms with Crippen molar-refractivity contribution in [3.05, 3.63) is 59.9 Å². The molecule has 10 nitrogen and oxygen atoms in total. The second-order valence-electron chi connectivity index (χ2n) is 9.60. The van der Waals surface area contributed by atoms with Gasteiger partial charge in [-0.15, -0.1) is 0 Å². The second-order valence-corrected chi connectivity index (χ2v) is 9.60. The Morgan fingerprint density at radius 2 is 1.73 bits per heavy atom. The molecule has 0 spiro atoms. The molecule has 1 aromatic heterocycles. The Hall–Kier alpha value is -4.05. The number of anilines is 2. The smallest absolute Gasteiger partial charge is 0.254 e. The molecule has 3 amide bonds. The van der Waals surface area contributed by atoms with Crippen molar-refractivity contribution >= 4 is 40.1 Å². The predicted molar refractivity (Wildman–Crippen MR) is 143 cm³/mol. The molecule has 1 aliphatic rings. The molecule has 4 N–H and O–H groups in total. The van der Waals surface area contributed by atoms with E-state index >= 15 is 0 Å². The van der Waals surface area contributed by atoms with Crippen LogP contribution in [0.1, 0.15) is 37.0 Å². The molecule has 194 valence electrons. The second kappa shape index (κ2) is 11.3. The lowest BCUT2D eigenvalue weighted by Gasteiger charge is -2.34. The average Bonchev–Trinajstić information content (AvgIpc) is 2.86. The maximum absolute atomic E-state index is 13.0. The molecule has 4 rings (SSSR count). The van der Waals surface area contributed by atoms with Crippen molar-refractivity contribution in [2.24, 2.45) is 11.7 Å². The topological polar surface area (TPSA) is 134 Å². The first-order valence-electron chi connectivity index (χ1n) is 12.4. The molecule has 3 aromatic rings. The quantitative estimate of drug-likeness (QED) is 0.430. The summed E-state index contributed by atoms with van der Waals surface area (Å²) >= 11 is 0. The summed E-state index contributed by atoms with van der Waals surface area (Å²) < 4.78 is 0. The van der Waals surface area contributed by atoms with Gasteiger partial charge in [-0.1, -0.05) is 32.0 Å². The molecule has 1 aliphatic heterocycles. The fourth-order valence-corrected chi connectivity index (χ4v) is 4.44. The van der Waals surface area contributed by atoms with Gasteiger partial charge in [0.25, 0.3) is 5.91 Å². The van der Waals surface area contributed by atoms with Crippen LogP contribution in [0.5, 0.6) is 0 Å². The lowest BCUT2D eigenvalue weighted by Crippen LogP contribution is -2.48. The molecular weight excluding hydrogens is 470 g/mol. The van der Waals surface area contributed by atoms with Crippen molar-refractivity contribution in [3.8, 4) is 0 Å². The number of piperazine rings is 1. The number of primary amides is 1. The van der Waals surface area contributed by atoms with E-state index in [1.165, 1.54) is 6.92 Å². The standard InChI is InChI=1S/C27H33N7O3/c1-17(2)24(25(28)36)32-26-21-9-4-5-10-22(21)30-23(31-26)16-33-11-13-34(14-12-33)27(37)19-7-6-8-20(15-19)29-18(3)35/h4-10,15,17,24H,11-14,16H2,1-3H3,(H2,28,36)(H,29,35)(H,30,31,32)/t24-/m0/s1. The van der Waals surface area contributed by atoms with Gasteiger partial charge in [-0.3, -0.25) is 19.3 Å². The van der Waals surface area contributed by atoms with Crippen LogP contribution in [0, 0.1) is 5.92 Å². The summed E-state index contributed by atoms with van der Waals surface area (Å²) in [5.41, 5.74) is 7.56. The highest BCUT2D eigenvalue weighted by Gasteiger charge is 2.24. The van der Waals surface area contributed by atoms with Crippen molar-refractivity contribution < 1.29 is 14.4 Å². The summed E-state index contributed by atoms with van der Waals surface area (Å²) in [6.07, 6.45) is 0. The summed E-state index contributed by atoms with van der Waals surface area (Å²) in [7, 11) is 0. The van der Waals surface area contributed by atoms with Crippen molar-refractivity contribution in [2.45, 2.75) is 33.4 Å². The third-order valence-electron chi connectivity index (χ3n) is 6.37. The minimum Gasteiger partial charge on any atom is -0.368 e. The normalized spacial score (nSPS) is 15.0. The highest BCUT2D eigenvalue weighted by atomic mass is 16.2. The summed E-state index contributed by atoms with van der Waals surface area (Å²) in [5, 5.41) is 6.78. The van der Waals surface area contributed by atoms with E-state index in [9.17, 15) is 14.4 Å². The summed E-state index contributed by atoms with van der Waals surface area (Å²) in [6, 6.07) is 14.1. The zero-order valence-corrected chi connectivity index (χ0v) is 21.4. The molecule has 1 saturated heterocycles. The highest BCUT2D eigenvalue weighted by molar-refractivity contribution is 5.97. The van der Waals surface area contributed by atoms with E-state index in [2.05, 4.69) is 15.5 Å². The first kappa shape index (κ1) is 26.0. The Bertz CT molecular complexity index is 1300. The molecule has 1 fully saturated rings. The van der Waals surface area contributed by atoms with Crippen LogP contribution in [-0.4, -0.2) is 69.7 Å². The largest absolute Gasteiger partial charge is 0.368 e. The molecule has 0 radical (unpaired) electrons. The predicted octanol–water partition coefficient (Wildman–Crippen LogP) is 2.47. The zero-order chi connectivity index (χ0) is 26.5. The highest BCUT2D eigenvalue weighted by Crippen LogP contribution is 2.23. The number of nitrogens with one attached hydrogen (secondary N) is 2. The molecule has 10 heteroatoms. The van der Waals surface area contributed by atoms with Crippen LogP contribution in [0.3, 0.4) is 0 Å². The molecule has 2 aromatic carbocycles. The molecule has 2 heterocycles. The molecule has 1 atom stereocenters.